The van der Waals surface area contributed by atoms with Crippen LogP contribution in [0.25, 0.3) is 0 Å². The molecule has 6 heteroatoms. The standard InChI is InChI=1S/C14H21ClN2O2S/c1-3-11-5-4-6-17(9-11)20(18,19)12-7-13(15)10(2)14(16)8-12/h7-8,11H,3-6,9,16H2,1-2H3. The molecular weight excluding hydrogens is 296 g/mol. The maximum Gasteiger partial charge on any atom is 0.243 e. The molecule has 4 nitrogen and oxygen atoms in total. The first kappa shape index (κ1) is 15.6. The summed E-state index contributed by atoms with van der Waals surface area (Å²) >= 11 is 6.06. The summed E-state index contributed by atoms with van der Waals surface area (Å²) in [5, 5.41) is 0.396. The molecule has 1 fully saturated rings. The van der Waals surface area contributed by atoms with Gasteiger partial charge in [-0.25, -0.2) is 8.42 Å². The fraction of sp³-hybridized carbons (Fsp3) is 0.571. The van der Waals surface area contributed by atoms with Crippen LogP contribution in [0.3, 0.4) is 0 Å². The number of hydrogen-bond acceptors (Lipinski definition) is 3. The number of sulfonamides is 1. The first-order chi connectivity index (χ1) is 9.36. The quantitative estimate of drug-likeness (QED) is 0.872. The van der Waals surface area contributed by atoms with Gasteiger partial charge >= 0.3 is 0 Å². The molecule has 0 radical (unpaired) electrons. The summed E-state index contributed by atoms with van der Waals surface area (Å²) in [6.07, 6.45) is 3.01. The fourth-order valence-electron chi connectivity index (χ4n) is 2.55. The molecule has 1 unspecified atom stereocenters. The molecule has 1 saturated heterocycles. The molecule has 1 aliphatic rings. The summed E-state index contributed by atoms with van der Waals surface area (Å²) in [7, 11) is -3.50. The summed E-state index contributed by atoms with van der Waals surface area (Å²) in [5.74, 6) is 0.441. The molecule has 0 bridgehead atoms. The summed E-state index contributed by atoms with van der Waals surface area (Å²) in [6.45, 7) is 5.04. The Morgan fingerprint density at radius 1 is 1.45 bits per heavy atom. The number of nitrogen functional groups attached to an aromatic ring is 1. The van der Waals surface area contributed by atoms with E-state index in [9.17, 15) is 8.42 Å². The third kappa shape index (κ3) is 2.95. The van der Waals surface area contributed by atoms with Crippen molar-refractivity contribution in [1.29, 1.82) is 0 Å². The predicted octanol–water partition coefficient (Wildman–Crippen LogP) is 3.04. The maximum atomic E-state index is 12.7. The van der Waals surface area contributed by atoms with Crippen molar-refractivity contribution in [2.24, 2.45) is 5.92 Å². The van der Waals surface area contributed by atoms with Gasteiger partial charge in [-0.05, 0) is 43.4 Å². The number of nitrogens with zero attached hydrogens (tertiary/aromatic N) is 1. The predicted molar refractivity (Wildman–Crippen MR) is 82.4 cm³/mol. The smallest absolute Gasteiger partial charge is 0.243 e. The van der Waals surface area contributed by atoms with Crippen molar-refractivity contribution in [1.82, 2.24) is 4.31 Å². The van der Waals surface area contributed by atoms with E-state index in [4.69, 9.17) is 17.3 Å². The number of benzene rings is 1. The van der Waals surface area contributed by atoms with Crippen molar-refractivity contribution in [2.45, 2.75) is 38.0 Å². The number of anilines is 1. The zero-order valence-electron chi connectivity index (χ0n) is 11.9. The second kappa shape index (κ2) is 5.92. The van der Waals surface area contributed by atoms with E-state index in [-0.39, 0.29) is 4.90 Å². The van der Waals surface area contributed by atoms with Crippen molar-refractivity contribution in [3.63, 3.8) is 0 Å². The minimum absolute atomic E-state index is 0.197. The molecule has 1 heterocycles. The molecule has 0 aromatic heterocycles. The lowest BCUT2D eigenvalue weighted by molar-refractivity contribution is 0.261. The summed E-state index contributed by atoms with van der Waals surface area (Å²) in [4.78, 5) is 0.197. The van der Waals surface area contributed by atoms with Crippen LogP contribution in [0.15, 0.2) is 17.0 Å². The molecular formula is C14H21ClN2O2S. The number of rotatable bonds is 3. The van der Waals surface area contributed by atoms with Crippen LogP contribution in [-0.4, -0.2) is 25.8 Å². The van der Waals surface area contributed by atoms with Gasteiger partial charge in [0.05, 0.1) is 4.90 Å². The lowest BCUT2D eigenvalue weighted by Crippen LogP contribution is -2.39. The Hall–Kier alpha value is -0.780. The Labute approximate surface area is 126 Å². The molecule has 20 heavy (non-hydrogen) atoms. The van der Waals surface area contributed by atoms with Crippen molar-refractivity contribution >= 4 is 27.3 Å². The van der Waals surface area contributed by atoms with Crippen LogP contribution in [0.5, 0.6) is 0 Å². The van der Waals surface area contributed by atoms with Gasteiger partial charge in [0.1, 0.15) is 0 Å². The Bertz CT molecular complexity index is 578. The normalized spacial score (nSPS) is 21.1. The zero-order chi connectivity index (χ0) is 14.9. The fourth-order valence-corrected chi connectivity index (χ4v) is 4.46. The zero-order valence-corrected chi connectivity index (χ0v) is 13.5. The molecule has 1 atom stereocenters. The largest absolute Gasteiger partial charge is 0.398 e. The van der Waals surface area contributed by atoms with Gasteiger partial charge in [-0.3, -0.25) is 0 Å². The third-order valence-corrected chi connectivity index (χ3v) is 6.29. The molecule has 2 N–H and O–H groups in total. The summed E-state index contributed by atoms with van der Waals surface area (Å²) in [5.41, 5.74) is 6.97. The second-order valence-electron chi connectivity index (χ2n) is 5.40. The average molecular weight is 317 g/mol. The molecule has 0 amide bonds. The van der Waals surface area contributed by atoms with E-state index in [2.05, 4.69) is 6.92 Å². The van der Waals surface area contributed by atoms with Gasteiger partial charge in [0, 0.05) is 23.8 Å². The highest BCUT2D eigenvalue weighted by Crippen LogP contribution is 2.30. The highest BCUT2D eigenvalue weighted by molar-refractivity contribution is 7.89. The SMILES string of the molecule is CCC1CCCN(S(=O)(=O)c2cc(N)c(C)c(Cl)c2)C1. The third-order valence-electron chi connectivity index (χ3n) is 4.05. The summed E-state index contributed by atoms with van der Waals surface area (Å²) < 4.78 is 26.9. The number of nitrogens with two attached hydrogens (primary N) is 1. The van der Waals surface area contributed by atoms with E-state index in [1.807, 2.05) is 0 Å². The van der Waals surface area contributed by atoms with E-state index in [1.54, 1.807) is 11.2 Å². The highest BCUT2D eigenvalue weighted by Gasteiger charge is 2.30. The number of halogens is 1. The summed E-state index contributed by atoms with van der Waals surface area (Å²) in [6, 6.07) is 3.00. The monoisotopic (exact) mass is 316 g/mol. The van der Waals surface area contributed by atoms with E-state index < -0.39 is 10.0 Å². The first-order valence-electron chi connectivity index (χ1n) is 6.92. The minimum Gasteiger partial charge on any atom is -0.398 e. The van der Waals surface area contributed by atoms with Gasteiger partial charge in [0.15, 0.2) is 0 Å². The molecule has 0 saturated carbocycles. The van der Waals surface area contributed by atoms with Gasteiger partial charge in [0.25, 0.3) is 0 Å². The molecule has 112 valence electrons. The van der Waals surface area contributed by atoms with Gasteiger partial charge in [0.2, 0.25) is 10.0 Å². The van der Waals surface area contributed by atoms with E-state index in [1.165, 1.54) is 12.1 Å². The van der Waals surface area contributed by atoms with Crippen LogP contribution in [0.2, 0.25) is 5.02 Å². The van der Waals surface area contributed by atoms with Crippen molar-refractivity contribution in [3.8, 4) is 0 Å². The molecule has 1 aromatic rings. The highest BCUT2D eigenvalue weighted by atomic mass is 35.5. The number of piperidine rings is 1. The Morgan fingerprint density at radius 3 is 2.75 bits per heavy atom. The Kier molecular flexibility index (Phi) is 4.62. The minimum atomic E-state index is -3.50. The van der Waals surface area contributed by atoms with E-state index in [0.29, 0.717) is 29.7 Å². The van der Waals surface area contributed by atoms with Gasteiger partial charge < -0.3 is 5.73 Å². The van der Waals surface area contributed by atoms with Crippen molar-refractivity contribution < 1.29 is 8.42 Å². The van der Waals surface area contributed by atoms with Gasteiger partial charge in [-0.2, -0.15) is 4.31 Å². The Morgan fingerprint density at radius 2 is 2.15 bits per heavy atom. The molecule has 2 rings (SSSR count). The van der Waals surface area contributed by atoms with Gasteiger partial charge in [-0.1, -0.05) is 24.9 Å². The van der Waals surface area contributed by atoms with Crippen molar-refractivity contribution in [2.75, 3.05) is 18.8 Å². The van der Waals surface area contributed by atoms with Crippen molar-refractivity contribution in [3.05, 3.63) is 22.7 Å². The van der Waals surface area contributed by atoms with Crippen LogP contribution >= 0.6 is 11.6 Å². The molecule has 1 aromatic carbocycles. The lowest BCUT2D eigenvalue weighted by atomic mass is 9.97. The molecule has 0 aliphatic carbocycles. The molecule has 1 aliphatic heterocycles. The van der Waals surface area contributed by atoms with Crippen LogP contribution in [0.1, 0.15) is 31.7 Å². The Balaban J connectivity index is 2.35. The second-order valence-corrected chi connectivity index (χ2v) is 7.74. The topological polar surface area (TPSA) is 63.4 Å². The lowest BCUT2D eigenvalue weighted by Gasteiger charge is -2.31. The van der Waals surface area contributed by atoms with Crippen LogP contribution in [0.4, 0.5) is 5.69 Å². The molecule has 0 spiro atoms. The van der Waals surface area contributed by atoms with Crippen LogP contribution in [0, 0.1) is 12.8 Å². The van der Waals surface area contributed by atoms with E-state index in [0.717, 1.165) is 24.8 Å². The van der Waals surface area contributed by atoms with Gasteiger partial charge in [-0.15, -0.1) is 0 Å². The first-order valence-corrected chi connectivity index (χ1v) is 8.73. The maximum absolute atomic E-state index is 12.7. The number of hydrogen-bond donors (Lipinski definition) is 1. The van der Waals surface area contributed by atoms with Crippen LogP contribution < -0.4 is 5.73 Å². The van der Waals surface area contributed by atoms with Crippen LogP contribution in [-0.2, 0) is 10.0 Å². The van der Waals surface area contributed by atoms with E-state index >= 15 is 0 Å². The average Bonchev–Trinajstić information content (AvgIpc) is 2.44.